The molecule has 0 aliphatic heterocycles. The molecule has 0 N–H and O–H groups in total. The molecule has 0 bridgehead atoms. The number of nitrogens with zero attached hydrogens (tertiary/aromatic N) is 3. The van der Waals surface area contributed by atoms with Crippen molar-refractivity contribution < 1.29 is 21.6 Å². The number of alkyl halides is 3. The Morgan fingerprint density at radius 1 is 1.14 bits per heavy atom. The molecule has 3 rings (SSSR count). The van der Waals surface area contributed by atoms with Gasteiger partial charge in [0.2, 0.25) is 0 Å². The van der Waals surface area contributed by atoms with Crippen LogP contribution in [0, 0.1) is 11.3 Å². The van der Waals surface area contributed by atoms with Gasteiger partial charge in [-0.2, -0.15) is 18.4 Å². The lowest BCUT2D eigenvalue weighted by atomic mass is 10.1. The van der Waals surface area contributed by atoms with E-state index in [0.717, 1.165) is 17.7 Å². The summed E-state index contributed by atoms with van der Waals surface area (Å²) in [5.74, 6) is 0.475. The van der Waals surface area contributed by atoms with Crippen LogP contribution in [0.5, 0.6) is 0 Å². The molecule has 28 heavy (non-hydrogen) atoms. The van der Waals surface area contributed by atoms with Crippen LogP contribution in [-0.2, 0) is 16.4 Å². The predicted molar refractivity (Wildman–Crippen MR) is 98.7 cm³/mol. The Morgan fingerprint density at radius 2 is 1.82 bits per heavy atom. The SMILES string of the molecule is CCn1c(/C=C/c2ccc(C#N)cc2)nc2cc(S(=O)(=O)C(F)(F)F)ccc21. The number of nitriles is 1. The third-order valence-electron chi connectivity index (χ3n) is 4.15. The Balaban J connectivity index is 2.04. The Labute approximate surface area is 159 Å². The minimum Gasteiger partial charge on any atom is -0.325 e. The van der Waals surface area contributed by atoms with Gasteiger partial charge in [0.15, 0.2) is 0 Å². The van der Waals surface area contributed by atoms with Crippen molar-refractivity contribution in [1.82, 2.24) is 9.55 Å². The number of halogens is 3. The van der Waals surface area contributed by atoms with Gasteiger partial charge in [0.1, 0.15) is 5.82 Å². The first-order valence-corrected chi connectivity index (χ1v) is 9.65. The van der Waals surface area contributed by atoms with Crippen LogP contribution >= 0.6 is 0 Å². The molecular weight excluding hydrogens is 391 g/mol. The minimum atomic E-state index is -5.43. The second-order valence-electron chi connectivity index (χ2n) is 5.88. The van der Waals surface area contributed by atoms with Crippen molar-refractivity contribution in [3.8, 4) is 6.07 Å². The van der Waals surface area contributed by atoms with Crippen molar-refractivity contribution >= 4 is 33.0 Å². The van der Waals surface area contributed by atoms with Crippen LogP contribution in [0.4, 0.5) is 13.2 Å². The van der Waals surface area contributed by atoms with E-state index in [9.17, 15) is 21.6 Å². The zero-order valence-corrected chi connectivity index (χ0v) is 15.4. The molecular formula is C19H14F3N3O2S. The fraction of sp³-hybridized carbons (Fsp3) is 0.158. The van der Waals surface area contributed by atoms with Crippen molar-refractivity contribution in [2.24, 2.45) is 0 Å². The molecule has 0 amide bonds. The lowest BCUT2D eigenvalue weighted by Crippen LogP contribution is -2.23. The van der Waals surface area contributed by atoms with Crippen LogP contribution in [0.3, 0.4) is 0 Å². The zero-order chi connectivity index (χ0) is 20.5. The van der Waals surface area contributed by atoms with Crippen LogP contribution in [0.1, 0.15) is 23.9 Å². The molecule has 0 aliphatic rings. The van der Waals surface area contributed by atoms with Gasteiger partial charge in [0.25, 0.3) is 9.84 Å². The summed E-state index contributed by atoms with van der Waals surface area (Å²) in [6.45, 7) is 2.34. The molecule has 0 atom stereocenters. The summed E-state index contributed by atoms with van der Waals surface area (Å²) in [6.07, 6.45) is 3.44. The van der Waals surface area contributed by atoms with E-state index in [2.05, 4.69) is 4.98 Å². The Bertz CT molecular complexity index is 1200. The number of imidazole rings is 1. The molecule has 2 aromatic carbocycles. The molecule has 0 spiro atoms. The maximum Gasteiger partial charge on any atom is 0.501 e. The number of fused-ring (bicyclic) bond motifs is 1. The summed E-state index contributed by atoms with van der Waals surface area (Å²) < 4.78 is 63.4. The summed E-state index contributed by atoms with van der Waals surface area (Å²) in [7, 11) is -5.43. The molecule has 0 radical (unpaired) electrons. The average molecular weight is 405 g/mol. The molecule has 1 aromatic heterocycles. The highest BCUT2D eigenvalue weighted by Gasteiger charge is 2.47. The van der Waals surface area contributed by atoms with Gasteiger partial charge in [-0.1, -0.05) is 18.2 Å². The maximum atomic E-state index is 12.8. The molecule has 0 aliphatic carbocycles. The molecule has 144 valence electrons. The van der Waals surface area contributed by atoms with Gasteiger partial charge in [0.05, 0.1) is 27.6 Å². The van der Waals surface area contributed by atoms with Gasteiger partial charge in [-0.25, -0.2) is 13.4 Å². The van der Waals surface area contributed by atoms with Gasteiger partial charge < -0.3 is 4.57 Å². The summed E-state index contributed by atoms with van der Waals surface area (Å²) in [6, 6.07) is 12.0. The smallest absolute Gasteiger partial charge is 0.325 e. The summed E-state index contributed by atoms with van der Waals surface area (Å²) >= 11 is 0. The predicted octanol–water partition coefficient (Wildman–Crippen LogP) is 4.39. The van der Waals surface area contributed by atoms with Crippen LogP contribution in [-0.4, -0.2) is 23.5 Å². The maximum absolute atomic E-state index is 12.8. The fourth-order valence-corrected chi connectivity index (χ4v) is 3.51. The van der Waals surface area contributed by atoms with E-state index in [4.69, 9.17) is 5.26 Å². The van der Waals surface area contributed by atoms with E-state index in [1.165, 1.54) is 6.07 Å². The molecule has 1 heterocycles. The Kier molecular flexibility index (Phi) is 5.00. The molecule has 5 nitrogen and oxygen atoms in total. The minimum absolute atomic E-state index is 0.159. The van der Waals surface area contributed by atoms with Gasteiger partial charge in [0, 0.05) is 6.54 Å². The Hall–Kier alpha value is -3.12. The van der Waals surface area contributed by atoms with Crippen molar-refractivity contribution in [1.29, 1.82) is 5.26 Å². The third-order valence-corrected chi connectivity index (χ3v) is 5.63. The van der Waals surface area contributed by atoms with E-state index >= 15 is 0 Å². The highest BCUT2D eigenvalue weighted by atomic mass is 32.2. The normalized spacial score (nSPS) is 12.5. The number of aryl methyl sites for hydroxylation is 1. The van der Waals surface area contributed by atoms with E-state index in [-0.39, 0.29) is 5.52 Å². The summed E-state index contributed by atoms with van der Waals surface area (Å²) in [5, 5.41) is 8.82. The standard InChI is InChI=1S/C19H14F3N3O2S/c1-2-25-17-9-8-15(28(26,27)19(20,21)22)11-16(17)24-18(25)10-7-13-3-5-14(12-23)6-4-13/h3-11H,2H2,1H3/b10-7+. The second-order valence-corrected chi connectivity index (χ2v) is 7.82. The zero-order valence-electron chi connectivity index (χ0n) is 14.6. The molecule has 9 heteroatoms. The lowest BCUT2D eigenvalue weighted by molar-refractivity contribution is -0.0435. The van der Waals surface area contributed by atoms with Gasteiger partial charge >= 0.3 is 5.51 Å². The number of rotatable bonds is 4. The third kappa shape index (κ3) is 3.51. The molecule has 0 saturated heterocycles. The number of hydrogen-bond acceptors (Lipinski definition) is 4. The van der Waals surface area contributed by atoms with Crippen molar-refractivity contribution in [3.63, 3.8) is 0 Å². The number of aromatic nitrogens is 2. The van der Waals surface area contributed by atoms with Gasteiger partial charge in [-0.15, -0.1) is 0 Å². The largest absolute Gasteiger partial charge is 0.501 e. The van der Waals surface area contributed by atoms with Gasteiger partial charge in [-0.3, -0.25) is 0 Å². The van der Waals surface area contributed by atoms with Crippen molar-refractivity contribution in [2.75, 3.05) is 0 Å². The molecule has 3 aromatic rings. The summed E-state index contributed by atoms with van der Waals surface area (Å²) in [4.78, 5) is 3.44. The van der Waals surface area contributed by atoms with Gasteiger partial charge in [-0.05, 0) is 48.9 Å². The number of hydrogen-bond donors (Lipinski definition) is 0. The second kappa shape index (κ2) is 7.13. The van der Waals surface area contributed by atoms with E-state index in [1.54, 1.807) is 41.0 Å². The monoisotopic (exact) mass is 405 g/mol. The van der Waals surface area contributed by atoms with E-state index in [0.29, 0.717) is 23.4 Å². The van der Waals surface area contributed by atoms with E-state index in [1.807, 2.05) is 13.0 Å². The fourth-order valence-electron chi connectivity index (χ4n) is 2.73. The van der Waals surface area contributed by atoms with E-state index < -0.39 is 20.2 Å². The molecule has 0 fully saturated rings. The topological polar surface area (TPSA) is 75.8 Å². The highest BCUT2D eigenvalue weighted by Crippen LogP contribution is 2.32. The average Bonchev–Trinajstić information content (AvgIpc) is 3.02. The highest BCUT2D eigenvalue weighted by molar-refractivity contribution is 7.92. The first kappa shape index (κ1) is 19.6. The first-order valence-electron chi connectivity index (χ1n) is 8.17. The molecule has 0 unspecified atom stereocenters. The summed E-state index contributed by atoms with van der Waals surface area (Å²) in [5.41, 5.74) is -3.34. The quantitative estimate of drug-likeness (QED) is 0.645. The Morgan fingerprint density at radius 3 is 2.39 bits per heavy atom. The number of sulfone groups is 1. The van der Waals surface area contributed by atoms with Crippen molar-refractivity contribution in [2.45, 2.75) is 23.9 Å². The first-order chi connectivity index (χ1) is 13.2. The number of benzene rings is 2. The van der Waals surface area contributed by atoms with Crippen LogP contribution < -0.4 is 0 Å². The van der Waals surface area contributed by atoms with Crippen LogP contribution in [0.2, 0.25) is 0 Å². The van der Waals surface area contributed by atoms with Crippen LogP contribution in [0.15, 0.2) is 47.4 Å². The molecule has 0 saturated carbocycles. The lowest BCUT2D eigenvalue weighted by Gasteiger charge is -2.08. The van der Waals surface area contributed by atoms with Crippen LogP contribution in [0.25, 0.3) is 23.2 Å². The van der Waals surface area contributed by atoms with Crippen molar-refractivity contribution in [3.05, 3.63) is 59.4 Å².